The number of hydrogen-bond acceptors (Lipinski definition) is 5. The Morgan fingerprint density at radius 2 is 2.22 bits per heavy atom. The number of esters is 1. The molecule has 1 aliphatic rings. The Bertz CT molecular complexity index is 667. The van der Waals surface area contributed by atoms with E-state index in [1.54, 1.807) is 13.0 Å². The fourth-order valence-electron chi connectivity index (χ4n) is 2.29. The maximum Gasteiger partial charge on any atom is 0.337 e. The van der Waals surface area contributed by atoms with Crippen LogP contribution in [0.25, 0.3) is 0 Å². The Kier molecular flexibility index (Phi) is 5.58. The van der Waals surface area contributed by atoms with Gasteiger partial charge in [-0.2, -0.15) is 0 Å². The maximum absolute atomic E-state index is 14.2. The number of β-amino-alcohol motifs (C(OH)–C–C–N with tert-alkyl or cyclic N) is 1. The van der Waals surface area contributed by atoms with Crippen molar-refractivity contribution >= 4 is 40.2 Å². The maximum atomic E-state index is 14.2. The van der Waals surface area contributed by atoms with E-state index in [1.807, 2.05) is 22.6 Å². The van der Waals surface area contributed by atoms with Gasteiger partial charge in [0.1, 0.15) is 11.5 Å². The molecule has 2 rings (SSSR count). The quantitative estimate of drug-likeness (QED) is 0.542. The Labute approximate surface area is 146 Å². The third-order valence-corrected chi connectivity index (χ3v) is 4.24. The van der Waals surface area contributed by atoms with Gasteiger partial charge in [0.25, 0.3) is 5.91 Å². The van der Waals surface area contributed by atoms with E-state index >= 15 is 0 Å². The number of anilines is 1. The monoisotopic (exact) mass is 434 g/mol. The highest BCUT2D eigenvalue weighted by molar-refractivity contribution is 14.1. The van der Waals surface area contributed by atoms with Gasteiger partial charge in [-0.1, -0.05) is 0 Å². The lowest BCUT2D eigenvalue weighted by Crippen LogP contribution is -2.31. The molecule has 0 saturated heterocycles. The molecule has 1 aromatic rings. The van der Waals surface area contributed by atoms with Gasteiger partial charge in [-0.15, -0.1) is 0 Å². The molecule has 124 valence electrons. The van der Waals surface area contributed by atoms with Crippen LogP contribution in [0.1, 0.15) is 5.56 Å². The number of carbonyl (C=O) groups excluding carboxylic acids is 2. The zero-order valence-corrected chi connectivity index (χ0v) is 14.8. The minimum absolute atomic E-state index is 0.0124. The molecule has 0 bridgehead atoms. The van der Waals surface area contributed by atoms with E-state index in [-0.39, 0.29) is 36.7 Å². The fourth-order valence-corrected chi connectivity index (χ4v) is 3.18. The molecule has 1 aliphatic heterocycles. The summed E-state index contributed by atoms with van der Waals surface area (Å²) in [5.74, 6) is -1.65. The number of nitrogens with zero attached hydrogens (tertiary/aromatic N) is 1. The van der Waals surface area contributed by atoms with Crippen LogP contribution in [-0.2, 0) is 14.3 Å². The zero-order chi connectivity index (χ0) is 17.1. The molecule has 0 aromatic heterocycles. The van der Waals surface area contributed by atoms with E-state index in [4.69, 9.17) is 5.11 Å². The molecule has 1 aromatic carbocycles. The Morgan fingerprint density at radius 3 is 2.78 bits per heavy atom. The van der Waals surface area contributed by atoms with E-state index in [9.17, 15) is 14.0 Å². The predicted molar refractivity (Wildman–Crippen MR) is 90.2 cm³/mol. The Balaban J connectivity index is 2.41. The molecule has 0 atom stereocenters. The summed E-state index contributed by atoms with van der Waals surface area (Å²) in [5, 5.41) is 11.7. The van der Waals surface area contributed by atoms with E-state index in [0.29, 0.717) is 3.57 Å². The molecule has 0 saturated carbocycles. The molecular weight excluding hydrogens is 418 g/mol. The molecular formula is C15H16FIN2O4. The van der Waals surface area contributed by atoms with Gasteiger partial charge in [0.05, 0.1) is 31.5 Å². The van der Waals surface area contributed by atoms with Crippen molar-refractivity contribution in [2.75, 3.05) is 32.1 Å². The van der Waals surface area contributed by atoms with Crippen molar-refractivity contribution in [3.63, 3.8) is 0 Å². The molecule has 23 heavy (non-hydrogen) atoms. The fraction of sp³-hybridized carbons (Fsp3) is 0.333. The third-order valence-electron chi connectivity index (χ3n) is 3.39. The molecule has 0 fully saturated rings. The summed E-state index contributed by atoms with van der Waals surface area (Å²) in [4.78, 5) is 25.6. The summed E-state index contributed by atoms with van der Waals surface area (Å²) in [5.41, 5.74) is 0.971. The first kappa shape index (κ1) is 17.7. The molecule has 6 nitrogen and oxygen atoms in total. The smallest absolute Gasteiger partial charge is 0.337 e. The largest absolute Gasteiger partial charge is 0.466 e. The van der Waals surface area contributed by atoms with Crippen LogP contribution in [0, 0.1) is 16.3 Å². The van der Waals surface area contributed by atoms with Gasteiger partial charge < -0.3 is 20.1 Å². The second-order valence-electron chi connectivity index (χ2n) is 5.02. The van der Waals surface area contributed by atoms with Crippen LogP contribution < -0.4 is 5.32 Å². The SMILES string of the molecule is COC(=O)C1=C(Nc2c(F)cc(C)cc2I)C(=O)N(CCO)C1. The molecule has 0 unspecified atom stereocenters. The van der Waals surface area contributed by atoms with Crippen LogP contribution in [-0.4, -0.2) is 48.7 Å². The first-order valence-corrected chi connectivity index (χ1v) is 7.91. The number of aliphatic hydroxyl groups excluding tert-OH is 1. The van der Waals surface area contributed by atoms with E-state index in [0.717, 1.165) is 5.56 Å². The van der Waals surface area contributed by atoms with Gasteiger partial charge in [0, 0.05) is 10.1 Å². The number of ether oxygens (including phenoxy) is 1. The zero-order valence-electron chi connectivity index (χ0n) is 12.7. The lowest BCUT2D eigenvalue weighted by atomic mass is 10.2. The number of nitrogens with one attached hydrogen (secondary N) is 1. The second-order valence-corrected chi connectivity index (χ2v) is 6.19. The number of benzene rings is 1. The van der Waals surface area contributed by atoms with Crippen molar-refractivity contribution in [3.8, 4) is 0 Å². The van der Waals surface area contributed by atoms with Crippen molar-refractivity contribution in [3.05, 3.63) is 38.4 Å². The van der Waals surface area contributed by atoms with Gasteiger partial charge in [0.2, 0.25) is 0 Å². The van der Waals surface area contributed by atoms with Crippen LogP contribution in [0.2, 0.25) is 0 Å². The minimum Gasteiger partial charge on any atom is -0.466 e. The van der Waals surface area contributed by atoms with Crippen LogP contribution in [0.5, 0.6) is 0 Å². The van der Waals surface area contributed by atoms with Gasteiger partial charge in [0.15, 0.2) is 0 Å². The van der Waals surface area contributed by atoms with Crippen molar-refractivity contribution in [1.82, 2.24) is 4.90 Å². The van der Waals surface area contributed by atoms with Gasteiger partial charge in [-0.05, 0) is 47.2 Å². The lowest BCUT2D eigenvalue weighted by Gasteiger charge is -2.15. The first-order chi connectivity index (χ1) is 10.9. The summed E-state index contributed by atoms with van der Waals surface area (Å²) in [6.07, 6.45) is 0. The summed E-state index contributed by atoms with van der Waals surface area (Å²) in [6, 6.07) is 3.10. The highest BCUT2D eigenvalue weighted by atomic mass is 127. The summed E-state index contributed by atoms with van der Waals surface area (Å²) >= 11 is 1.95. The average Bonchev–Trinajstić information content (AvgIpc) is 2.79. The number of methoxy groups -OCH3 is 1. The van der Waals surface area contributed by atoms with Crippen LogP contribution in [0.4, 0.5) is 10.1 Å². The highest BCUT2D eigenvalue weighted by Crippen LogP contribution is 2.28. The lowest BCUT2D eigenvalue weighted by molar-refractivity contribution is -0.136. The summed E-state index contributed by atoms with van der Waals surface area (Å²) in [6.45, 7) is 1.62. The van der Waals surface area contributed by atoms with Gasteiger partial charge >= 0.3 is 5.97 Å². The third kappa shape index (κ3) is 3.63. The van der Waals surface area contributed by atoms with Crippen molar-refractivity contribution in [1.29, 1.82) is 0 Å². The number of halogens is 2. The van der Waals surface area contributed by atoms with Crippen molar-refractivity contribution < 1.29 is 23.8 Å². The summed E-state index contributed by atoms with van der Waals surface area (Å²) in [7, 11) is 1.21. The molecule has 8 heteroatoms. The summed E-state index contributed by atoms with van der Waals surface area (Å²) < 4.78 is 19.4. The van der Waals surface area contributed by atoms with Gasteiger partial charge in [-0.3, -0.25) is 4.79 Å². The molecule has 0 aliphatic carbocycles. The number of amides is 1. The number of aryl methyl sites for hydroxylation is 1. The molecule has 1 heterocycles. The normalized spacial score (nSPS) is 14.5. The highest BCUT2D eigenvalue weighted by Gasteiger charge is 2.35. The number of rotatable bonds is 5. The molecule has 2 N–H and O–H groups in total. The second kappa shape index (κ2) is 7.26. The molecule has 1 amide bonds. The van der Waals surface area contributed by atoms with Crippen LogP contribution >= 0.6 is 22.6 Å². The Hall–Kier alpha value is -1.68. The minimum atomic E-state index is -0.663. The van der Waals surface area contributed by atoms with Gasteiger partial charge in [-0.25, -0.2) is 9.18 Å². The van der Waals surface area contributed by atoms with E-state index in [1.165, 1.54) is 18.1 Å². The number of hydrogen-bond donors (Lipinski definition) is 2. The predicted octanol–water partition coefficient (Wildman–Crippen LogP) is 1.41. The van der Waals surface area contributed by atoms with Crippen molar-refractivity contribution in [2.24, 2.45) is 0 Å². The number of aliphatic hydroxyl groups is 1. The van der Waals surface area contributed by atoms with E-state index < -0.39 is 17.7 Å². The standard InChI is InChI=1S/C15H16FIN2O4/c1-8-5-10(16)13(11(17)6-8)18-12-9(15(22)23-2)7-19(3-4-20)14(12)21/h5-6,18,20H,3-4,7H2,1-2H3. The number of carbonyl (C=O) groups is 2. The van der Waals surface area contributed by atoms with Crippen LogP contribution in [0.3, 0.4) is 0 Å². The average molecular weight is 434 g/mol. The Morgan fingerprint density at radius 1 is 1.52 bits per heavy atom. The van der Waals surface area contributed by atoms with Crippen molar-refractivity contribution in [2.45, 2.75) is 6.92 Å². The first-order valence-electron chi connectivity index (χ1n) is 6.83. The molecule has 0 spiro atoms. The van der Waals surface area contributed by atoms with E-state index in [2.05, 4.69) is 10.1 Å². The topological polar surface area (TPSA) is 78.9 Å². The van der Waals surface area contributed by atoms with Crippen LogP contribution in [0.15, 0.2) is 23.4 Å². The molecule has 0 radical (unpaired) electrons.